The van der Waals surface area contributed by atoms with Crippen molar-refractivity contribution < 1.29 is 9.90 Å². The topological polar surface area (TPSA) is 40.5 Å². The van der Waals surface area contributed by atoms with Crippen molar-refractivity contribution >= 4 is 5.91 Å². The molecule has 1 rings (SSSR count). The Kier molecular flexibility index (Phi) is 5.86. The van der Waals surface area contributed by atoms with Gasteiger partial charge in [-0.15, -0.1) is 0 Å². The van der Waals surface area contributed by atoms with Gasteiger partial charge in [0.1, 0.15) is 0 Å². The summed E-state index contributed by atoms with van der Waals surface area (Å²) in [6.07, 6.45) is 1.35. The van der Waals surface area contributed by atoms with Crippen LogP contribution in [-0.2, 0) is 11.2 Å². The van der Waals surface area contributed by atoms with E-state index < -0.39 is 6.10 Å². The van der Waals surface area contributed by atoms with E-state index in [2.05, 4.69) is 0 Å². The van der Waals surface area contributed by atoms with E-state index in [1.807, 2.05) is 44.2 Å². The Morgan fingerprint density at radius 3 is 2.50 bits per heavy atom. The SMILES string of the molecule is CCC(=O)N(C)[C@@H](C)C[C@@H](O)Cc1ccccc1. The minimum absolute atomic E-state index is 0.0659. The molecule has 0 aromatic heterocycles. The van der Waals surface area contributed by atoms with Crippen LogP contribution in [0, 0.1) is 0 Å². The molecule has 0 aliphatic carbocycles. The van der Waals surface area contributed by atoms with Gasteiger partial charge in [0.2, 0.25) is 5.91 Å². The normalized spacial score (nSPS) is 14.0. The molecule has 0 bridgehead atoms. The van der Waals surface area contributed by atoms with E-state index >= 15 is 0 Å². The summed E-state index contributed by atoms with van der Waals surface area (Å²) in [7, 11) is 1.80. The molecule has 0 heterocycles. The number of hydrogen-bond donors (Lipinski definition) is 1. The van der Waals surface area contributed by atoms with Crippen LogP contribution in [0.2, 0.25) is 0 Å². The van der Waals surface area contributed by atoms with Crippen LogP contribution < -0.4 is 0 Å². The Balaban J connectivity index is 2.45. The summed E-state index contributed by atoms with van der Waals surface area (Å²) in [5, 5.41) is 10.0. The minimum atomic E-state index is -0.408. The van der Waals surface area contributed by atoms with E-state index in [1.165, 1.54) is 0 Å². The molecule has 0 fully saturated rings. The number of aliphatic hydroxyl groups is 1. The fourth-order valence-electron chi connectivity index (χ4n) is 2.02. The van der Waals surface area contributed by atoms with E-state index in [-0.39, 0.29) is 11.9 Å². The maximum absolute atomic E-state index is 11.5. The number of nitrogens with zero attached hydrogens (tertiary/aromatic N) is 1. The molecule has 2 atom stereocenters. The van der Waals surface area contributed by atoms with Crippen molar-refractivity contribution in [2.45, 2.75) is 45.3 Å². The molecule has 1 N–H and O–H groups in total. The van der Waals surface area contributed by atoms with Crippen LogP contribution in [0.1, 0.15) is 32.3 Å². The van der Waals surface area contributed by atoms with Crippen molar-refractivity contribution in [1.82, 2.24) is 4.90 Å². The van der Waals surface area contributed by atoms with Gasteiger partial charge < -0.3 is 10.0 Å². The number of aliphatic hydroxyl groups excluding tert-OH is 1. The van der Waals surface area contributed by atoms with Crippen molar-refractivity contribution in [3.63, 3.8) is 0 Å². The van der Waals surface area contributed by atoms with Gasteiger partial charge >= 0.3 is 0 Å². The average molecular weight is 249 g/mol. The molecular formula is C15H23NO2. The van der Waals surface area contributed by atoms with Crippen molar-refractivity contribution in [3.8, 4) is 0 Å². The Hall–Kier alpha value is -1.35. The zero-order valence-electron chi connectivity index (χ0n) is 11.5. The van der Waals surface area contributed by atoms with Crippen molar-refractivity contribution in [3.05, 3.63) is 35.9 Å². The summed E-state index contributed by atoms with van der Waals surface area (Å²) in [5.74, 6) is 0.120. The number of benzene rings is 1. The van der Waals surface area contributed by atoms with Crippen LogP contribution in [0.3, 0.4) is 0 Å². The molecule has 0 aliphatic heterocycles. The van der Waals surface area contributed by atoms with Gasteiger partial charge in [-0.3, -0.25) is 4.79 Å². The van der Waals surface area contributed by atoms with Gasteiger partial charge in [0.25, 0.3) is 0 Å². The number of rotatable bonds is 6. The third-order valence-electron chi connectivity index (χ3n) is 3.28. The second kappa shape index (κ2) is 7.17. The summed E-state index contributed by atoms with van der Waals surface area (Å²) < 4.78 is 0. The monoisotopic (exact) mass is 249 g/mol. The molecule has 1 aromatic carbocycles. The van der Waals surface area contributed by atoms with Gasteiger partial charge in [0, 0.05) is 19.5 Å². The maximum atomic E-state index is 11.5. The average Bonchev–Trinajstić information content (AvgIpc) is 2.37. The first-order valence-corrected chi connectivity index (χ1v) is 6.52. The summed E-state index contributed by atoms with van der Waals surface area (Å²) in [5.41, 5.74) is 1.13. The first-order valence-electron chi connectivity index (χ1n) is 6.52. The van der Waals surface area contributed by atoms with Crippen LogP contribution in [-0.4, -0.2) is 35.1 Å². The zero-order valence-corrected chi connectivity index (χ0v) is 11.5. The van der Waals surface area contributed by atoms with Crippen LogP contribution in [0.4, 0.5) is 0 Å². The van der Waals surface area contributed by atoms with Crippen molar-refractivity contribution in [2.75, 3.05) is 7.05 Å². The number of hydrogen-bond acceptors (Lipinski definition) is 2. The summed E-state index contributed by atoms with van der Waals surface area (Å²) in [4.78, 5) is 13.3. The standard InChI is InChI=1S/C15H23NO2/c1-4-15(18)16(3)12(2)10-14(17)11-13-8-6-5-7-9-13/h5-9,12,14,17H,4,10-11H2,1-3H3/t12-,14+/m0/s1. The van der Waals surface area contributed by atoms with E-state index in [4.69, 9.17) is 0 Å². The van der Waals surface area contributed by atoms with Crippen molar-refractivity contribution in [2.24, 2.45) is 0 Å². The van der Waals surface area contributed by atoms with Gasteiger partial charge in [-0.1, -0.05) is 37.3 Å². The van der Waals surface area contributed by atoms with Crippen LogP contribution >= 0.6 is 0 Å². The lowest BCUT2D eigenvalue weighted by Gasteiger charge is -2.26. The van der Waals surface area contributed by atoms with E-state index in [9.17, 15) is 9.90 Å². The lowest BCUT2D eigenvalue weighted by Crippen LogP contribution is -2.37. The summed E-state index contributed by atoms with van der Waals surface area (Å²) in [6.45, 7) is 3.83. The Morgan fingerprint density at radius 1 is 1.33 bits per heavy atom. The third kappa shape index (κ3) is 4.49. The fourth-order valence-corrected chi connectivity index (χ4v) is 2.02. The largest absolute Gasteiger partial charge is 0.393 e. The number of amides is 1. The first kappa shape index (κ1) is 14.7. The van der Waals surface area contributed by atoms with Gasteiger partial charge in [0.15, 0.2) is 0 Å². The van der Waals surface area contributed by atoms with Gasteiger partial charge in [0.05, 0.1) is 6.10 Å². The highest BCUT2D eigenvalue weighted by Crippen LogP contribution is 2.11. The van der Waals surface area contributed by atoms with Crippen LogP contribution in [0.5, 0.6) is 0 Å². The summed E-state index contributed by atoms with van der Waals surface area (Å²) in [6, 6.07) is 9.99. The molecule has 3 nitrogen and oxygen atoms in total. The molecule has 100 valence electrons. The first-order chi connectivity index (χ1) is 8.54. The quantitative estimate of drug-likeness (QED) is 0.840. The highest BCUT2D eigenvalue weighted by atomic mass is 16.3. The zero-order chi connectivity index (χ0) is 13.5. The predicted octanol–water partition coefficient (Wildman–Crippen LogP) is 2.24. The van der Waals surface area contributed by atoms with Crippen LogP contribution in [0.25, 0.3) is 0 Å². The van der Waals surface area contributed by atoms with E-state index in [0.717, 1.165) is 5.56 Å². The molecule has 0 spiro atoms. The Bertz CT molecular complexity index is 364. The number of carbonyl (C=O) groups excluding carboxylic acids is 1. The Morgan fingerprint density at radius 2 is 1.94 bits per heavy atom. The summed E-state index contributed by atoms with van der Waals surface area (Å²) >= 11 is 0. The highest BCUT2D eigenvalue weighted by molar-refractivity contribution is 5.75. The highest BCUT2D eigenvalue weighted by Gasteiger charge is 2.17. The molecule has 1 amide bonds. The molecule has 0 unspecified atom stereocenters. The molecule has 3 heteroatoms. The van der Waals surface area contributed by atoms with E-state index in [0.29, 0.717) is 19.3 Å². The second-order valence-corrected chi connectivity index (χ2v) is 4.79. The molecule has 0 radical (unpaired) electrons. The lowest BCUT2D eigenvalue weighted by atomic mass is 10.0. The van der Waals surface area contributed by atoms with Crippen LogP contribution in [0.15, 0.2) is 30.3 Å². The molecule has 1 aromatic rings. The minimum Gasteiger partial charge on any atom is -0.393 e. The fraction of sp³-hybridized carbons (Fsp3) is 0.533. The molecule has 18 heavy (non-hydrogen) atoms. The van der Waals surface area contributed by atoms with Gasteiger partial charge in [-0.05, 0) is 25.3 Å². The van der Waals surface area contributed by atoms with Gasteiger partial charge in [-0.25, -0.2) is 0 Å². The molecule has 0 saturated heterocycles. The molecule has 0 saturated carbocycles. The maximum Gasteiger partial charge on any atom is 0.222 e. The van der Waals surface area contributed by atoms with E-state index in [1.54, 1.807) is 11.9 Å². The third-order valence-corrected chi connectivity index (χ3v) is 3.28. The lowest BCUT2D eigenvalue weighted by molar-refractivity contribution is -0.131. The van der Waals surface area contributed by atoms with Gasteiger partial charge in [-0.2, -0.15) is 0 Å². The smallest absolute Gasteiger partial charge is 0.222 e. The molecular weight excluding hydrogens is 226 g/mol. The second-order valence-electron chi connectivity index (χ2n) is 4.79. The number of carbonyl (C=O) groups is 1. The Labute approximate surface area is 109 Å². The van der Waals surface area contributed by atoms with Crippen molar-refractivity contribution in [1.29, 1.82) is 0 Å². The predicted molar refractivity (Wildman–Crippen MR) is 73.3 cm³/mol. The molecule has 0 aliphatic rings.